The van der Waals surface area contributed by atoms with Gasteiger partial charge in [0.2, 0.25) is 0 Å². The third kappa shape index (κ3) is 7.93. The van der Waals surface area contributed by atoms with Crippen LogP contribution >= 0.6 is 22.6 Å². The van der Waals surface area contributed by atoms with E-state index in [-0.39, 0.29) is 33.2 Å². The van der Waals surface area contributed by atoms with Gasteiger partial charge in [0.25, 0.3) is 0 Å². The minimum Gasteiger partial charge on any atom is -0.461 e. The van der Waals surface area contributed by atoms with Crippen LogP contribution in [0.4, 0.5) is 8.78 Å². The van der Waals surface area contributed by atoms with Crippen LogP contribution in [-0.2, 0) is 9.53 Å². The highest BCUT2D eigenvalue weighted by Gasteiger charge is 2.52. The Morgan fingerprint density at radius 1 is 0.846 bits per heavy atom. The third-order valence-corrected chi connectivity index (χ3v) is 11.3. The third-order valence-electron chi connectivity index (χ3n) is 7.85. The molecule has 4 saturated carbocycles. The molecule has 206 valence electrons. The van der Waals surface area contributed by atoms with E-state index >= 15 is 0 Å². The van der Waals surface area contributed by atoms with Crippen molar-refractivity contribution in [1.82, 2.24) is 0 Å². The van der Waals surface area contributed by atoms with Gasteiger partial charge in [0, 0.05) is 15.9 Å². The number of hydrogen-bond acceptors (Lipinski definition) is 3. The molecule has 0 aliphatic heterocycles. The Morgan fingerprint density at radius 3 is 1.85 bits per heavy atom. The predicted molar refractivity (Wildman–Crippen MR) is 152 cm³/mol. The number of halogens is 4. The number of carbonyl (C=O) groups is 1. The molecule has 39 heavy (non-hydrogen) atoms. The molecule has 7 rings (SSSR count). The first-order chi connectivity index (χ1) is 18.7. The molecule has 0 aromatic heterocycles. The monoisotopic (exact) mass is 757 g/mol. The Bertz CT molecular complexity index is 1210. The lowest BCUT2D eigenvalue weighted by Crippen LogP contribution is -3.61. The van der Waals surface area contributed by atoms with Crippen molar-refractivity contribution in [3.05, 3.63) is 89.6 Å². The number of rotatable bonds is 7. The summed E-state index contributed by atoms with van der Waals surface area (Å²) in [5.74, 6) is -0.718. The first-order valence-corrected chi connectivity index (χ1v) is 16.7. The van der Waals surface area contributed by atoms with Gasteiger partial charge in [0.15, 0.2) is 7.14 Å². The largest absolute Gasteiger partial charge is 0.461 e. The van der Waals surface area contributed by atoms with Crippen molar-refractivity contribution in [2.75, 3.05) is 6.61 Å². The predicted octanol–water partition coefficient (Wildman–Crippen LogP) is 5.61. The topological polar surface area (TPSA) is 35.5 Å². The van der Waals surface area contributed by atoms with E-state index in [9.17, 15) is 13.6 Å². The minimum absolute atomic E-state index is 0.0235. The number of carbonyl (C=O) groups excluding carboxylic acids is 1. The molecule has 3 aromatic rings. The van der Waals surface area contributed by atoms with E-state index in [1.807, 2.05) is 24.3 Å². The Hall–Kier alpha value is -1.75. The van der Waals surface area contributed by atoms with Gasteiger partial charge in [-0.25, -0.2) is 4.79 Å². The van der Waals surface area contributed by atoms with Crippen molar-refractivity contribution in [1.29, 1.82) is 0 Å². The second-order valence-electron chi connectivity index (χ2n) is 11.3. The number of hydrogen-bond donors (Lipinski definition) is 0. The maximum atomic E-state index is 12.8. The summed E-state index contributed by atoms with van der Waals surface area (Å²) in [4.78, 5) is 11.2. The van der Waals surface area contributed by atoms with E-state index in [2.05, 4.69) is 77.2 Å². The molecule has 0 saturated heterocycles. The van der Waals surface area contributed by atoms with Gasteiger partial charge >= 0.3 is 33.1 Å². The van der Waals surface area contributed by atoms with E-state index in [1.165, 1.54) is 30.0 Å². The molecule has 4 fully saturated rings. The summed E-state index contributed by atoms with van der Waals surface area (Å²) in [5, 5.41) is 0. The van der Waals surface area contributed by atoms with Crippen LogP contribution in [0.5, 0.6) is 11.5 Å². The fourth-order valence-corrected chi connectivity index (χ4v) is 9.19. The van der Waals surface area contributed by atoms with Crippen molar-refractivity contribution in [3.8, 4) is 11.5 Å². The SMILES string of the molecule is CC(F)(F)C(=O)OCC12CC3CC(CC(C3)C1)C2.Ic1ccc(Oc2ccc([I+]c3ccccc3)cc2)cc1. The molecular weight excluding hydrogens is 724 g/mol. The van der Waals surface area contributed by atoms with Crippen molar-refractivity contribution in [2.24, 2.45) is 23.2 Å². The highest BCUT2D eigenvalue weighted by Crippen LogP contribution is 2.60. The highest BCUT2D eigenvalue weighted by molar-refractivity contribution is 14.1. The van der Waals surface area contributed by atoms with E-state index < -0.39 is 11.9 Å². The fourth-order valence-electron chi connectivity index (χ4n) is 6.62. The van der Waals surface area contributed by atoms with Gasteiger partial charge in [-0.05, 0) is 140 Å². The van der Waals surface area contributed by atoms with E-state index in [4.69, 9.17) is 9.47 Å². The zero-order chi connectivity index (χ0) is 27.5. The lowest BCUT2D eigenvalue weighted by molar-refractivity contribution is -0.597. The summed E-state index contributed by atoms with van der Waals surface area (Å²) in [6.45, 7) is 0.813. The number of benzene rings is 3. The highest BCUT2D eigenvalue weighted by atomic mass is 127. The molecule has 4 aliphatic carbocycles. The molecule has 0 radical (unpaired) electrons. The summed E-state index contributed by atoms with van der Waals surface area (Å²) < 4.78 is 40.4. The van der Waals surface area contributed by atoms with Gasteiger partial charge in [-0.2, -0.15) is 8.78 Å². The number of alkyl halides is 2. The smallest absolute Gasteiger partial charge is 0.376 e. The molecule has 0 atom stereocenters. The molecule has 0 amide bonds. The van der Waals surface area contributed by atoms with Gasteiger partial charge in [-0.15, -0.1) is 0 Å². The summed E-state index contributed by atoms with van der Waals surface area (Å²) in [6, 6.07) is 27.2. The molecule has 0 spiro atoms. The van der Waals surface area contributed by atoms with Crippen molar-refractivity contribution in [2.45, 2.75) is 51.4 Å². The molecule has 3 nitrogen and oxygen atoms in total. The minimum atomic E-state index is -3.36. The molecule has 0 heterocycles. The average molecular weight is 757 g/mol. The van der Waals surface area contributed by atoms with Crippen LogP contribution in [0.2, 0.25) is 0 Å². The summed E-state index contributed by atoms with van der Waals surface area (Å²) in [7, 11) is 0. The van der Waals surface area contributed by atoms with E-state index in [0.29, 0.717) is 6.92 Å². The van der Waals surface area contributed by atoms with Crippen molar-refractivity contribution < 1.29 is 44.3 Å². The lowest BCUT2D eigenvalue weighted by atomic mass is 9.50. The molecule has 4 aliphatic rings. The number of ether oxygens (including phenoxy) is 2. The Labute approximate surface area is 253 Å². The first kappa shape index (κ1) is 28.8. The van der Waals surface area contributed by atoms with Crippen molar-refractivity contribution in [3.63, 3.8) is 0 Å². The Morgan fingerprint density at radius 2 is 1.33 bits per heavy atom. The summed E-state index contributed by atoms with van der Waals surface area (Å²) in [6.07, 6.45) is 7.12. The van der Waals surface area contributed by atoms with Gasteiger partial charge < -0.3 is 9.47 Å². The Kier molecular flexibility index (Phi) is 9.15. The summed E-state index contributed by atoms with van der Waals surface area (Å²) >= 11 is 2.18. The lowest BCUT2D eigenvalue weighted by Gasteiger charge is -2.56. The van der Waals surface area contributed by atoms with Crippen LogP contribution < -0.4 is 25.9 Å². The van der Waals surface area contributed by atoms with Crippen LogP contribution in [0.25, 0.3) is 0 Å². The molecule has 7 heteroatoms. The zero-order valence-electron chi connectivity index (χ0n) is 21.9. The second kappa shape index (κ2) is 12.4. The maximum Gasteiger partial charge on any atom is 0.376 e. The average Bonchev–Trinajstić information content (AvgIpc) is 2.89. The molecule has 3 aromatic carbocycles. The fraction of sp³-hybridized carbons (Fsp3) is 0.406. The summed E-state index contributed by atoms with van der Waals surface area (Å²) in [5.41, 5.74) is 0.0235. The standard InChI is InChI=1S/C18H13I2O.C14H20F2O2/c19-14-6-10-17(11-7-14)21-18-12-8-16(9-13-18)20-15-4-2-1-3-5-15;1-13(15,16)12(17)18-8-14-5-9-2-10(6-14)4-11(3-9)7-14/h1-13H;9-11H,2-8H2,1H3/q+1;. The van der Waals surface area contributed by atoms with E-state index in [1.54, 1.807) is 0 Å². The first-order valence-electron chi connectivity index (χ1n) is 13.4. The van der Waals surface area contributed by atoms with Crippen LogP contribution in [0, 0.1) is 33.9 Å². The maximum absolute atomic E-state index is 12.8. The normalized spacial score (nSPS) is 25.0. The van der Waals surface area contributed by atoms with Gasteiger partial charge in [-0.3, -0.25) is 0 Å². The van der Waals surface area contributed by atoms with Gasteiger partial charge in [0.05, 0.1) is 6.61 Å². The second-order valence-corrected chi connectivity index (χ2v) is 15.6. The molecule has 4 bridgehead atoms. The Balaban J connectivity index is 0.000000160. The van der Waals surface area contributed by atoms with Crippen LogP contribution in [0.15, 0.2) is 78.9 Å². The zero-order valence-corrected chi connectivity index (χ0v) is 26.2. The number of esters is 1. The molecular formula is C32H33F2I2O3+. The van der Waals surface area contributed by atoms with Crippen LogP contribution in [0.3, 0.4) is 0 Å². The molecule has 0 unspecified atom stereocenters. The van der Waals surface area contributed by atoms with Crippen LogP contribution in [0.1, 0.15) is 45.4 Å². The van der Waals surface area contributed by atoms with Gasteiger partial charge in [0.1, 0.15) is 11.5 Å². The van der Waals surface area contributed by atoms with E-state index in [0.717, 1.165) is 48.5 Å². The quantitative estimate of drug-likeness (QED) is 0.233. The van der Waals surface area contributed by atoms with Crippen molar-refractivity contribution >= 4 is 28.6 Å². The van der Waals surface area contributed by atoms with Gasteiger partial charge in [-0.1, -0.05) is 18.2 Å². The van der Waals surface area contributed by atoms with Crippen LogP contribution in [-0.4, -0.2) is 18.5 Å². The molecule has 0 N–H and O–H groups in total.